The molecule has 218 valence electrons. The Balaban J connectivity index is 1.40. The number of hydrogen-bond acceptors (Lipinski definition) is 5. The number of para-hydroxylation sites is 1. The lowest BCUT2D eigenvalue weighted by Crippen LogP contribution is -2.29. The predicted molar refractivity (Wildman–Crippen MR) is 166 cm³/mol. The van der Waals surface area contributed by atoms with E-state index >= 15 is 0 Å². The number of anilines is 1. The van der Waals surface area contributed by atoms with E-state index in [9.17, 15) is 19.1 Å². The lowest BCUT2D eigenvalue weighted by atomic mass is 9.94. The van der Waals surface area contributed by atoms with Gasteiger partial charge in [0.15, 0.2) is 0 Å². The van der Waals surface area contributed by atoms with Crippen molar-refractivity contribution in [3.05, 3.63) is 161 Å². The zero-order valence-electron chi connectivity index (χ0n) is 23.8. The molecule has 1 saturated heterocycles. The number of benzene rings is 5. The summed E-state index contributed by atoms with van der Waals surface area (Å²) >= 11 is 0. The van der Waals surface area contributed by atoms with Crippen LogP contribution >= 0.6 is 0 Å². The van der Waals surface area contributed by atoms with Crippen molar-refractivity contribution >= 4 is 23.1 Å². The van der Waals surface area contributed by atoms with Crippen LogP contribution in [0.2, 0.25) is 0 Å². The molecule has 0 aliphatic carbocycles. The zero-order chi connectivity index (χ0) is 30.6. The number of amides is 1. The zero-order valence-corrected chi connectivity index (χ0v) is 23.8. The number of hydrogen-bond donors (Lipinski definition) is 1. The number of Topliss-reactive ketones (excluding diaryl/α,β-unsaturated/α-hetero) is 1. The van der Waals surface area contributed by atoms with Gasteiger partial charge in [-0.2, -0.15) is 0 Å². The summed E-state index contributed by atoms with van der Waals surface area (Å²) in [5.74, 6) is -0.781. The fourth-order valence-corrected chi connectivity index (χ4v) is 5.24. The van der Waals surface area contributed by atoms with E-state index in [4.69, 9.17) is 9.47 Å². The van der Waals surface area contributed by atoms with Crippen molar-refractivity contribution in [2.75, 3.05) is 4.90 Å². The third-order valence-corrected chi connectivity index (χ3v) is 7.39. The second-order valence-electron chi connectivity index (χ2n) is 10.4. The molecule has 5 aromatic rings. The third-order valence-electron chi connectivity index (χ3n) is 7.39. The maximum absolute atomic E-state index is 13.8. The first-order valence-corrected chi connectivity index (χ1v) is 14.1. The van der Waals surface area contributed by atoms with Crippen LogP contribution in [0.4, 0.5) is 10.1 Å². The fraction of sp³-hybridized carbons (Fsp3) is 0.0811. The molecule has 0 bridgehead atoms. The van der Waals surface area contributed by atoms with Crippen LogP contribution in [0.5, 0.6) is 17.2 Å². The van der Waals surface area contributed by atoms with Crippen LogP contribution < -0.4 is 14.4 Å². The van der Waals surface area contributed by atoms with Crippen LogP contribution in [0.25, 0.3) is 5.76 Å². The molecule has 7 heteroatoms. The average Bonchev–Trinajstić information content (AvgIpc) is 3.31. The number of ketones is 1. The molecule has 1 N–H and O–H groups in total. The van der Waals surface area contributed by atoms with Crippen molar-refractivity contribution < 1.29 is 28.6 Å². The summed E-state index contributed by atoms with van der Waals surface area (Å²) < 4.78 is 25.8. The second-order valence-corrected chi connectivity index (χ2v) is 10.4. The Morgan fingerprint density at radius 2 is 1.48 bits per heavy atom. The molecular weight excluding hydrogens is 557 g/mol. The lowest BCUT2D eigenvalue weighted by molar-refractivity contribution is -0.132. The Hall–Kier alpha value is -5.69. The second kappa shape index (κ2) is 12.3. The molecule has 1 amide bonds. The Morgan fingerprint density at radius 3 is 2.18 bits per heavy atom. The van der Waals surface area contributed by atoms with Gasteiger partial charge in [-0.15, -0.1) is 0 Å². The maximum atomic E-state index is 13.8. The van der Waals surface area contributed by atoms with Gasteiger partial charge in [0.25, 0.3) is 11.7 Å². The summed E-state index contributed by atoms with van der Waals surface area (Å²) in [5.41, 5.74) is 2.86. The molecule has 6 rings (SSSR count). The Bertz CT molecular complexity index is 1850. The molecule has 1 fully saturated rings. The van der Waals surface area contributed by atoms with E-state index in [0.717, 1.165) is 11.1 Å². The van der Waals surface area contributed by atoms with Crippen LogP contribution in [-0.2, 0) is 16.2 Å². The van der Waals surface area contributed by atoms with Gasteiger partial charge >= 0.3 is 0 Å². The summed E-state index contributed by atoms with van der Waals surface area (Å²) in [5, 5.41) is 11.6. The van der Waals surface area contributed by atoms with E-state index in [1.165, 1.54) is 29.2 Å². The van der Waals surface area contributed by atoms with E-state index in [1.54, 1.807) is 42.5 Å². The number of aliphatic hydroxyl groups excluding tert-OH is 1. The van der Waals surface area contributed by atoms with E-state index in [0.29, 0.717) is 40.7 Å². The molecule has 44 heavy (non-hydrogen) atoms. The number of carbonyl (C=O) groups is 2. The van der Waals surface area contributed by atoms with Gasteiger partial charge in [-0.1, -0.05) is 60.7 Å². The SMILES string of the molecule is Cc1cc(/C(O)=C2\C(=O)C(=O)N(c3ccc(F)cc3)C2c2cccc(Oc3ccccc3)c2)ccc1OCc1ccccc1. The van der Waals surface area contributed by atoms with Gasteiger partial charge < -0.3 is 14.6 Å². The molecule has 5 aromatic carbocycles. The Labute approximate surface area is 254 Å². The highest BCUT2D eigenvalue weighted by molar-refractivity contribution is 6.51. The number of aliphatic hydroxyl groups is 1. The first kappa shape index (κ1) is 28.4. The van der Waals surface area contributed by atoms with Gasteiger partial charge in [0, 0.05) is 11.3 Å². The van der Waals surface area contributed by atoms with Gasteiger partial charge in [0.2, 0.25) is 0 Å². The summed E-state index contributed by atoms with van der Waals surface area (Å²) in [4.78, 5) is 28.4. The van der Waals surface area contributed by atoms with Gasteiger partial charge in [-0.25, -0.2) is 4.39 Å². The molecule has 1 aliphatic heterocycles. The van der Waals surface area contributed by atoms with Gasteiger partial charge in [0.05, 0.1) is 11.6 Å². The minimum atomic E-state index is -1.01. The van der Waals surface area contributed by atoms with Crippen LogP contribution in [-0.4, -0.2) is 16.8 Å². The Kier molecular flexibility index (Phi) is 7.93. The minimum absolute atomic E-state index is 0.0893. The van der Waals surface area contributed by atoms with E-state index in [2.05, 4.69) is 0 Å². The topological polar surface area (TPSA) is 76.1 Å². The number of ether oxygens (including phenoxy) is 2. The van der Waals surface area contributed by atoms with E-state index in [-0.39, 0.29) is 11.3 Å². The standard InChI is InChI=1S/C37H28FNO5/c1-24-21-27(15-20-32(24)43-23-25-9-4-2-5-10-25)35(40)33-34(39(37(42)36(33)41)29-18-16-28(38)17-19-29)26-11-8-14-31(22-26)44-30-12-6-3-7-13-30/h2-22,34,40H,23H2,1H3/b35-33+. The van der Waals surface area contributed by atoms with Crippen LogP contribution in [0.3, 0.4) is 0 Å². The fourth-order valence-electron chi connectivity index (χ4n) is 5.24. The van der Waals surface area contributed by atoms with Crippen molar-refractivity contribution in [3.63, 3.8) is 0 Å². The summed E-state index contributed by atoms with van der Waals surface area (Å²) in [6.45, 7) is 2.22. The first-order valence-electron chi connectivity index (χ1n) is 14.1. The largest absolute Gasteiger partial charge is 0.507 e. The number of carbonyl (C=O) groups excluding carboxylic acids is 2. The average molecular weight is 586 g/mol. The first-order chi connectivity index (χ1) is 21.4. The predicted octanol–water partition coefficient (Wildman–Crippen LogP) is 8.13. The summed E-state index contributed by atoms with van der Waals surface area (Å²) in [7, 11) is 0. The van der Waals surface area contributed by atoms with Crippen molar-refractivity contribution in [2.24, 2.45) is 0 Å². The maximum Gasteiger partial charge on any atom is 0.300 e. The highest BCUT2D eigenvalue weighted by atomic mass is 19.1. The third kappa shape index (κ3) is 5.80. The molecule has 0 spiro atoms. The van der Waals surface area contributed by atoms with E-state index < -0.39 is 23.5 Å². The highest BCUT2D eigenvalue weighted by Crippen LogP contribution is 2.43. The summed E-state index contributed by atoms with van der Waals surface area (Å²) in [6, 6.07) is 35.3. The molecule has 1 atom stereocenters. The van der Waals surface area contributed by atoms with Crippen LogP contribution in [0.1, 0.15) is 28.3 Å². The van der Waals surface area contributed by atoms with Gasteiger partial charge in [-0.3, -0.25) is 14.5 Å². The molecule has 1 unspecified atom stereocenters. The highest BCUT2D eigenvalue weighted by Gasteiger charge is 2.47. The molecule has 0 saturated carbocycles. The van der Waals surface area contributed by atoms with Crippen molar-refractivity contribution in [1.29, 1.82) is 0 Å². The quantitative estimate of drug-likeness (QED) is 0.113. The molecule has 0 aromatic heterocycles. The lowest BCUT2D eigenvalue weighted by Gasteiger charge is -2.26. The van der Waals surface area contributed by atoms with E-state index in [1.807, 2.05) is 67.6 Å². The van der Waals surface area contributed by atoms with Gasteiger partial charge in [-0.05, 0) is 90.3 Å². The molecule has 6 nitrogen and oxygen atoms in total. The monoisotopic (exact) mass is 585 g/mol. The molecule has 1 aliphatic rings. The van der Waals surface area contributed by atoms with Crippen LogP contribution in [0.15, 0.2) is 133 Å². The van der Waals surface area contributed by atoms with Crippen LogP contribution in [0, 0.1) is 12.7 Å². The number of nitrogens with zero attached hydrogens (tertiary/aromatic N) is 1. The minimum Gasteiger partial charge on any atom is -0.507 e. The normalized spacial score (nSPS) is 15.8. The number of aryl methyl sites for hydroxylation is 1. The van der Waals surface area contributed by atoms with Crippen molar-refractivity contribution in [1.82, 2.24) is 0 Å². The number of halogens is 1. The number of rotatable bonds is 8. The molecular formula is C37H28FNO5. The summed E-state index contributed by atoms with van der Waals surface area (Å²) in [6.07, 6.45) is 0. The molecule has 0 radical (unpaired) electrons. The van der Waals surface area contributed by atoms with Gasteiger partial charge in [0.1, 0.15) is 35.4 Å². The van der Waals surface area contributed by atoms with Crippen molar-refractivity contribution in [3.8, 4) is 17.2 Å². The van der Waals surface area contributed by atoms with Crippen molar-refractivity contribution in [2.45, 2.75) is 19.6 Å². The molecule has 1 heterocycles. The Morgan fingerprint density at radius 1 is 0.795 bits per heavy atom. The smallest absolute Gasteiger partial charge is 0.300 e.